The van der Waals surface area contributed by atoms with E-state index in [2.05, 4.69) is 27.1 Å². The first-order valence-corrected chi connectivity index (χ1v) is 9.24. The van der Waals surface area contributed by atoms with Crippen LogP contribution in [0.1, 0.15) is 15.4 Å². The molecule has 0 aliphatic heterocycles. The van der Waals surface area contributed by atoms with Crippen molar-refractivity contribution in [3.05, 3.63) is 50.2 Å². The van der Waals surface area contributed by atoms with Gasteiger partial charge in [-0.1, -0.05) is 28.7 Å². The minimum atomic E-state index is -0.532. The van der Waals surface area contributed by atoms with E-state index in [0.717, 1.165) is 16.2 Å². The number of hydrogen-bond acceptors (Lipinski definition) is 8. The molecular weight excluding hydrogens is 396 g/mol. The van der Waals surface area contributed by atoms with Crippen LogP contribution in [0.25, 0.3) is 10.7 Å². The second-order valence-electron chi connectivity index (χ2n) is 5.03. The topological polar surface area (TPSA) is 119 Å². The zero-order valence-corrected chi connectivity index (χ0v) is 15.8. The summed E-state index contributed by atoms with van der Waals surface area (Å²) in [6, 6.07) is 2.71. The van der Waals surface area contributed by atoms with Crippen LogP contribution in [0.4, 0.5) is 10.1 Å². The smallest absolute Gasteiger partial charge is 0.297 e. The molecule has 26 heavy (non-hydrogen) atoms. The summed E-state index contributed by atoms with van der Waals surface area (Å²) in [5, 5.41) is 20.6. The number of allylic oxidation sites excluding steroid dienone is 1. The number of carbonyl (C=O) groups excluding carboxylic acids is 1. The van der Waals surface area contributed by atoms with E-state index < -0.39 is 10.8 Å². The summed E-state index contributed by atoms with van der Waals surface area (Å²) in [7, 11) is 0. The van der Waals surface area contributed by atoms with Gasteiger partial charge >= 0.3 is 5.00 Å². The van der Waals surface area contributed by atoms with Gasteiger partial charge in [0.25, 0.3) is 5.91 Å². The fourth-order valence-corrected chi connectivity index (χ4v) is 4.04. The molecule has 2 N–H and O–H groups in total. The maximum atomic E-state index is 12.3. The molecular formula is C14H12N6O3S3. The molecule has 0 saturated heterocycles. The Morgan fingerprint density at radius 1 is 1.54 bits per heavy atom. The summed E-state index contributed by atoms with van der Waals surface area (Å²) in [6.45, 7) is 5.99. The third-order valence-electron chi connectivity index (χ3n) is 3.29. The second kappa shape index (κ2) is 7.27. The molecule has 12 heteroatoms. The number of thiophene rings is 1. The molecule has 0 spiro atoms. The number of nitro groups is 1. The number of thiazole rings is 1. The van der Waals surface area contributed by atoms with Gasteiger partial charge in [-0.2, -0.15) is 5.10 Å². The number of anilines is 1. The summed E-state index contributed by atoms with van der Waals surface area (Å²) in [5.74, 6) is 0.158. The molecule has 0 unspecified atom stereocenters. The molecule has 3 heterocycles. The predicted molar refractivity (Wildman–Crippen MR) is 102 cm³/mol. The SMILES string of the molecule is C=CCn1c(-c2sc(NC(=O)c3ccc([N+](=O)[O-])s3)nc2C)n[nH]c1=S. The third kappa shape index (κ3) is 3.47. The Balaban J connectivity index is 1.86. The maximum absolute atomic E-state index is 12.3. The Morgan fingerprint density at radius 3 is 2.96 bits per heavy atom. The molecule has 9 nitrogen and oxygen atoms in total. The molecule has 3 aromatic rings. The van der Waals surface area contributed by atoms with Gasteiger partial charge in [-0.15, -0.1) is 6.58 Å². The molecule has 1 amide bonds. The van der Waals surface area contributed by atoms with E-state index in [1.165, 1.54) is 23.5 Å². The lowest BCUT2D eigenvalue weighted by atomic mass is 10.3. The normalized spacial score (nSPS) is 10.7. The number of hydrogen-bond donors (Lipinski definition) is 2. The van der Waals surface area contributed by atoms with E-state index in [0.29, 0.717) is 28.0 Å². The van der Waals surface area contributed by atoms with Crippen molar-refractivity contribution in [3.8, 4) is 10.7 Å². The van der Waals surface area contributed by atoms with Crippen LogP contribution in [-0.2, 0) is 6.54 Å². The highest BCUT2D eigenvalue weighted by Crippen LogP contribution is 2.32. The zero-order valence-electron chi connectivity index (χ0n) is 13.4. The highest BCUT2D eigenvalue weighted by molar-refractivity contribution is 7.71. The van der Waals surface area contributed by atoms with Gasteiger partial charge in [-0.05, 0) is 25.2 Å². The summed E-state index contributed by atoms with van der Waals surface area (Å²) >= 11 is 7.26. The lowest BCUT2D eigenvalue weighted by Crippen LogP contribution is -2.09. The minimum Gasteiger partial charge on any atom is -0.297 e. The number of carbonyl (C=O) groups is 1. The number of aryl methyl sites for hydroxylation is 1. The average molecular weight is 408 g/mol. The van der Waals surface area contributed by atoms with Crippen LogP contribution in [0.15, 0.2) is 24.8 Å². The molecule has 0 atom stereocenters. The van der Waals surface area contributed by atoms with Gasteiger partial charge in [-0.25, -0.2) is 4.98 Å². The largest absolute Gasteiger partial charge is 0.324 e. The van der Waals surface area contributed by atoms with Crippen LogP contribution >= 0.6 is 34.9 Å². The van der Waals surface area contributed by atoms with Crippen LogP contribution in [-0.4, -0.2) is 30.6 Å². The first-order chi connectivity index (χ1) is 12.4. The highest BCUT2D eigenvalue weighted by atomic mass is 32.1. The predicted octanol–water partition coefficient (Wildman–Crippen LogP) is 3.78. The quantitative estimate of drug-likeness (QED) is 0.277. The van der Waals surface area contributed by atoms with Crippen molar-refractivity contribution in [2.75, 3.05) is 5.32 Å². The fourth-order valence-electron chi connectivity index (χ4n) is 2.15. The zero-order chi connectivity index (χ0) is 18.8. The summed E-state index contributed by atoms with van der Waals surface area (Å²) in [6.07, 6.45) is 1.71. The number of nitrogens with zero attached hydrogens (tertiary/aromatic N) is 4. The fraction of sp³-hybridized carbons (Fsp3) is 0.143. The van der Waals surface area contributed by atoms with Crippen LogP contribution < -0.4 is 5.32 Å². The van der Waals surface area contributed by atoms with Gasteiger partial charge in [0.15, 0.2) is 15.7 Å². The van der Waals surface area contributed by atoms with Gasteiger partial charge in [0, 0.05) is 12.6 Å². The molecule has 0 saturated carbocycles. The van der Waals surface area contributed by atoms with Gasteiger partial charge < -0.3 is 0 Å². The Hall–Kier alpha value is -2.70. The summed E-state index contributed by atoms with van der Waals surface area (Å²) in [5.41, 5.74) is 0.682. The Labute approximate surface area is 160 Å². The van der Waals surface area contributed by atoms with Crippen molar-refractivity contribution < 1.29 is 9.72 Å². The van der Waals surface area contributed by atoms with Crippen molar-refractivity contribution in [3.63, 3.8) is 0 Å². The molecule has 134 valence electrons. The van der Waals surface area contributed by atoms with Crippen molar-refractivity contribution >= 4 is 50.9 Å². The Morgan fingerprint density at radius 2 is 2.31 bits per heavy atom. The third-order valence-corrected chi connectivity index (χ3v) is 5.70. The Bertz CT molecular complexity index is 1060. The van der Waals surface area contributed by atoms with E-state index in [1.54, 1.807) is 17.6 Å². The second-order valence-corrected chi connectivity index (χ2v) is 7.48. The van der Waals surface area contributed by atoms with E-state index in [4.69, 9.17) is 12.2 Å². The van der Waals surface area contributed by atoms with E-state index >= 15 is 0 Å². The summed E-state index contributed by atoms with van der Waals surface area (Å²) < 4.78 is 2.24. The summed E-state index contributed by atoms with van der Waals surface area (Å²) in [4.78, 5) is 27.8. The molecule has 0 aliphatic rings. The van der Waals surface area contributed by atoms with Crippen LogP contribution in [0.3, 0.4) is 0 Å². The molecule has 3 rings (SSSR count). The number of nitrogens with one attached hydrogen (secondary N) is 2. The highest BCUT2D eigenvalue weighted by Gasteiger charge is 2.19. The maximum Gasteiger partial charge on any atom is 0.324 e. The van der Waals surface area contributed by atoms with E-state index in [9.17, 15) is 14.9 Å². The van der Waals surface area contributed by atoms with Gasteiger partial charge in [0.05, 0.1) is 20.4 Å². The van der Waals surface area contributed by atoms with E-state index in [-0.39, 0.29) is 9.88 Å². The molecule has 0 aliphatic carbocycles. The van der Waals surface area contributed by atoms with Gasteiger partial charge in [-0.3, -0.25) is 29.9 Å². The van der Waals surface area contributed by atoms with Crippen LogP contribution in [0.5, 0.6) is 0 Å². The molecule has 0 fully saturated rings. The van der Waals surface area contributed by atoms with Crippen LogP contribution in [0, 0.1) is 21.8 Å². The minimum absolute atomic E-state index is 0.0916. The van der Waals surface area contributed by atoms with Crippen molar-refractivity contribution in [2.45, 2.75) is 13.5 Å². The lowest BCUT2D eigenvalue weighted by molar-refractivity contribution is -0.380. The standard InChI is InChI=1S/C14H12N6O3S3/c1-3-6-19-11(17-18-14(19)24)10-7(2)15-13(26-10)16-12(21)8-4-5-9(25-8)20(22)23/h3-5H,1,6H2,2H3,(H,18,24)(H,15,16,21). The first kappa shape index (κ1) is 18.1. The van der Waals surface area contributed by atoms with Gasteiger partial charge in [0.1, 0.15) is 0 Å². The number of aromatic nitrogens is 4. The number of amides is 1. The molecule has 3 aromatic heterocycles. The van der Waals surface area contributed by atoms with Crippen molar-refractivity contribution in [2.24, 2.45) is 0 Å². The molecule has 0 bridgehead atoms. The first-order valence-electron chi connectivity index (χ1n) is 7.20. The number of H-pyrrole nitrogens is 1. The van der Waals surface area contributed by atoms with E-state index in [1.807, 2.05) is 0 Å². The van der Waals surface area contributed by atoms with Crippen LogP contribution in [0.2, 0.25) is 0 Å². The number of rotatable bonds is 6. The average Bonchev–Trinajstić information content (AvgIpc) is 3.28. The molecule has 0 aromatic carbocycles. The number of aromatic amines is 1. The Kier molecular flexibility index (Phi) is 5.06. The lowest BCUT2D eigenvalue weighted by Gasteiger charge is -2.01. The molecule has 0 radical (unpaired) electrons. The van der Waals surface area contributed by atoms with Gasteiger partial charge in [0.2, 0.25) is 0 Å². The van der Waals surface area contributed by atoms with Crippen molar-refractivity contribution in [1.29, 1.82) is 0 Å². The van der Waals surface area contributed by atoms with Crippen molar-refractivity contribution in [1.82, 2.24) is 19.7 Å². The monoisotopic (exact) mass is 408 g/mol.